The second-order valence-corrected chi connectivity index (χ2v) is 13.3. The van der Waals surface area contributed by atoms with Crippen molar-refractivity contribution >= 4 is 11.5 Å². The first-order valence-corrected chi connectivity index (χ1v) is 15.5. The molecule has 0 amide bonds. The molecule has 1 aromatic heterocycles. The summed E-state index contributed by atoms with van der Waals surface area (Å²) in [6, 6.07) is 2.53. The summed E-state index contributed by atoms with van der Waals surface area (Å²) in [5, 5.41) is 21.0. The van der Waals surface area contributed by atoms with Gasteiger partial charge in [-0.15, -0.1) is 5.92 Å². The minimum atomic E-state index is -4.71. The van der Waals surface area contributed by atoms with Crippen molar-refractivity contribution in [2.75, 3.05) is 50.0 Å². The number of aliphatic hydroxyl groups excluding tert-OH is 1. The number of alkyl halides is 3. The molecule has 13 heteroatoms. The van der Waals surface area contributed by atoms with Crippen LogP contribution >= 0.6 is 0 Å². The number of hydrogen-bond acceptors (Lipinski definition) is 9. The van der Waals surface area contributed by atoms with Crippen LogP contribution in [0.15, 0.2) is 24.0 Å². The highest BCUT2D eigenvalue weighted by atomic mass is 19.4. The number of rotatable bonds is 6. The molecule has 3 fully saturated rings. The van der Waals surface area contributed by atoms with Crippen molar-refractivity contribution in [2.45, 2.75) is 76.0 Å². The minimum absolute atomic E-state index is 0.0214. The van der Waals surface area contributed by atoms with Crippen LogP contribution in [0.3, 0.4) is 0 Å². The molecule has 0 spiro atoms. The van der Waals surface area contributed by atoms with E-state index in [-0.39, 0.29) is 67.1 Å². The Morgan fingerprint density at radius 3 is 2.80 bits per heavy atom. The van der Waals surface area contributed by atoms with Crippen LogP contribution in [0.25, 0.3) is 0 Å². The van der Waals surface area contributed by atoms with Gasteiger partial charge in [0.05, 0.1) is 41.4 Å². The van der Waals surface area contributed by atoms with Gasteiger partial charge in [-0.25, -0.2) is 4.39 Å². The summed E-state index contributed by atoms with van der Waals surface area (Å²) < 4.78 is 69.2. The van der Waals surface area contributed by atoms with Gasteiger partial charge in [0.1, 0.15) is 12.4 Å². The average Bonchev–Trinajstić information content (AvgIpc) is 3.55. The van der Waals surface area contributed by atoms with Gasteiger partial charge in [-0.05, 0) is 69.3 Å². The molecule has 4 atom stereocenters. The zero-order chi connectivity index (χ0) is 32.9. The molecule has 0 aliphatic carbocycles. The third-order valence-electron chi connectivity index (χ3n) is 9.55. The molecule has 5 heterocycles. The van der Waals surface area contributed by atoms with Gasteiger partial charge in [-0.3, -0.25) is 4.90 Å². The minimum Gasteiger partial charge on any atom is -0.461 e. The van der Waals surface area contributed by atoms with Gasteiger partial charge in [0.15, 0.2) is 0 Å². The van der Waals surface area contributed by atoms with E-state index < -0.39 is 23.4 Å². The van der Waals surface area contributed by atoms with Crippen molar-refractivity contribution < 1.29 is 37.2 Å². The van der Waals surface area contributed by atoms with E-state index >= 15 is 0 Å². The normalized spacial score (nSPS) is 29.0. The summed E-state index contributed by atoms with van der Waals surface area (Å²) in [7, 11) is 0. The average molecular weight is 646 g/mol. The van der Waals surface area contributed by atoms with Crippen LogP contribution in [0.4, 0.5) is 29.1 Å². The number of aliphatic hydroxyl groups is 2. The summed E-state index contributed by atoms with van der Waals surface area (Å²) in [4.78, 5) is 13.5. The Morgan fingerprint density at radius 1 is 1.28 bits per heavy atom. The number of aromatic nitrogens is 2. The lowest BCUT2D eigenvalue weighted by Crippen LogP contribution is -2.51. The summed E-state index contributed by atoms with van der Waals surface area (Å²) >= 11 is 0. The van der Waals surface area contributed by atoms with Gasteiger partial charge < -0.3 is 30.3 Å². The molecule has 6 rings (SSSR count). The highest BCUT2D eigenvalue weighted by Gasteiger charge is 2.47. The molecule has 46 heavy (non-hydrogen) atoms. The van der Waals surface area contributed by atoms with E-state index in [4.69, 9.17) is 25.2 Å². The fraction of sp³-hybridized carbons (Fsp3) is 0.576. The second kappa shape index (κ2) is 12.3. The molecule has 0 saturated carbocycles. The van der Waals surface area contributed by atoms with Gasteiger partial charge in [0.25, 0.3) is 0 Å². The standard InChI is InChI=1S/C33H39F4N5O4/c1-3-5-22-8-23(38)9-24(28(22)33(35,36)37)27-10-26-25(17-45-27)29(41-14-21(16-43)11-31(2,44)18-41)40-30(39-26)46-19-32-6-4-7-42(32)15-20(12-32)13-34/h8-9,13,21,27,43-44H,4,6-7,10-12,14-19,38H2,1-2H3/b20-13-/t21-,27+,31-,32+/m1/s1. The van der Waals surface area contributed by atoms with Crippen molar-refractivity contribution in [2.24, 2.45) is 5.92 Å². The predicted octanol–water partition coefficient (Wildman–Crippen LogP) is 4.30. The predicted molar refractivity (Wildman–Crippen MR) is 163 cm³/mol. The fourth-order valence-electron chi connectivity index (χ4n) is 7.72. The lowest BCUT2D eigenvalue weighted by Gasteiger charge is -2.42. The number of benzene rings is 1. The Kier molecular flexibility index (Phi) is 8.69. The van der Waals surface area contributed by atoms with E-state index in [0.29, 0.717) is 54.9 Å². The fourth-order valence-corrected chi connectivity index (χ4v) is 7.72. The van der Waals surface area contributed by atoms with E-state index in [0.717, 1.165) is 19.4 Å². The lowest BCUT2D eigenvalue weighted by molar-refractivity contribution is -0.140. The maximum atomic E-state index is 14.4. The van der Waals surface area contributed by atoms with Crippen LogP contribution in [0, 0.1) is 17.8 Å². The van der Waals surface area contributed by atoms with Gasteiger partial charge in [-0.1, -0.05) is 5.92 Å². The zero-order valence-corrected chi connectivity index (χ0v) is 26.0. The Bertz CT molecular complexity index is 1590. The Labute approximate surface area is 265 Å². The second-order valence-electron chi connectivity index (χ2n) is 13.3. The lowest BCUT2D eigenvalue weighted by atomic mass is 9.87. The molecule has 248 valence electrons. The molecule has 9 nitrogen and oxygen atoms in total. The first-order chi connectivity index (χ1) is 21.8. The molecule has 2 aromatic rings. The number of anilines is 2. The number of halogens is 4. The first kappa shape index (κ1) is 32.5. The van der Waals surface area contributed by atoms with Crippen molar-refractivity contribution in [3.8, 4) is 17.9 Å². The smallest absolute Gasteiger partial charge is 0.417 e. The molecule has 3 saturated heterocycles. The number of hydrogen-bond donors (Lipinski definition) is 3. The SMILES string of the molecule is CC#Cc1cc(N)cc([C@@H]2Cc3nc(OC[C@@]45CCCN4C/C(=C\F)C5)nc(N4C[C@H](CO)C[C@@](C)(O)C4)c3CO2)c1C(F)(F)F. The van der Waals surface area contributed by atoms with Gasteiger partial charge >= 0.3 is 12.2 Å². The number of nitrogen functional groups attached to an aromatic ring is 1. The van der Waals surface area contributed by atoms with Crippen molar-refractivity contribution in [3.63, 3.8) is 0 Å². The maximum absolute atomic E-state index is 14.4. The Morgan fingerprint density at radius 2 is 2.09 bits per heavy atom. The number of ether oxygens (including phenoxy) is 2. The molecule has 4 N–H and O–H groups in total. The van der Waals surface area contributed by atoms with E-state index in [1.54, 1.807) is 6.92 Å². The molecule has 4 aliphatic rings. The third-order valence-corrected chi connectivity index (χ3v) is 9.55. The van der Waals surface area contributed by atoms with Crippen LogP contribution in [-0.2, 0) is 23.9 Å². The van der Waals surface area contributed by atoms with Crippen molar-refractivity contribution in [1.82, 2.24) is 14.9 Å². The third kappa shape index (κ3) is 6.28. The molecule has 0 bridgehead atoms. The summed E-state index contributed by atoms with van der Waals surface area (Å²) in [5.74, 6) is 5.28. The van der Waals surface area contributed by atoms with Crippen molar-refractivity contribution in [1.29, 1.82) is 0 Å². The molecule has 1 aromatic carbocycles. The summed E-state index contributed by atoms with van der Waals surface area (Å²) in [6.45, 7) is 5.11. The Hall–Kier alpha value is -3.44. The number of nitrogens with two attached hydrogens (primary N) is 1. The van der Waals surface area contributed by atoms with E-state index in [2.05, 4.69) is 16.7 Å². The number of nitrogens with zero attached hydrogens (tertiary/aromatic N) is 4. The number of fused-ring (bicyclic) bond motifs is 2. The van der Waals surface area contributed by atoms with E-state index in [9.17, 15) is 27.8 Å². The largest absolute Gasteiger partial charge is 0.461 e. The van der Waals surface area contributed by atoms with Crippen molar-refractivity contribution in [3.05, 3.63) is 52.0 Å². The monoisotopic (exact) mass is 645 g/mol. The summed E-state index contributed by atoms with van der Waals surface area (Å²) in [5.41, 5.74) is 5.15. The zero-order valence-electron chi connectivity index (χ0n) is 26.0. The quantitative estimate of drug-likeness (QED) is 0.240. The highest BCUT2D eigenvalue weighted by Crippen LogP contribution is 2.45. The van der Waals surface area contributed by atoms with Crippen LogP contribution in [0.5, 0.6) is 6.01 Å². The molecular formula is C33H39F4N5O4. The molecular weight excluding hydrogens is 606 g/mol. The van der Waals surface area contributed by atoms with Gasteiger partial charge in [0, 0.05) is 55.4 Å². The number of β-amino-alcohol motifs (C(OH)–C–C–N with tert-alkyl or cyclic N) is 1. The Balaban J connectivity index is 1.39. The molecule has 0 unspecified atom stereocenters. The van der Waals surface area contributed by atoms with Crippen LogP contribution < -0.4 is 15.4 Å². The van der Waals surface area contributed by atoms with E-state index in [1.807, 2.05) is 4.90 Å². The molecule has 4 aliphatic heterocycles. The topological polar surface area (TPSA) is 117 Å². The molecule has 0 radical (unpaired) electrons. The van der Waals surface area contributed by atoms with Gasteiger partial charge in [-0.2, -0.15) is 23.1 Å². The van der Waals surface area contributed by atoms with Crippen LogP contribution in [0.2, 0.25) is 0 Å². The number of piperidine rings is 1. The maximum Gasteiger partial charge on any atom is 0.417 e. The first-order valence-electron chi connectivity index (χ1n) is 15.5. The van der Waals surface area contributed by atoms with Crippen LogP contribution in [-0.4, -0.2) is 75.6 Å². The summed E-state index contributed by atoms with van der Waals surface area (Å²) in [6.07, 6.45) is -2.40. The van der Waals surface area contributed by atoms with Crippen LogP contribution in [0.1, 0.15) is 73.6 Å². The highest BCUT2D eigenvalue weighted by molar-refractivity contribution is 5.58. The van der Waals surface area contributed by atoms with Gasteiger partial charge in [0.2, 0.25) is 0 Å². The van der Waals surface area contributed by atoms with E-state index in [1.165, 1.54) is 19.1 Å².